The minimum atomic E-state index is -0.641. The Morgan fingerprint density at radius 1 is 1.12 bits per heavy atom. The molecule has 0 aliphatic carbocycles. The Kier molecular flexibility index (Phi) is 4.90. The molecule has 1 amide bonds. The van der Waals surface area contributed by atoms with Crippen LogP contribution in [0.25, 0.3) is 0 Å². The lowest BCUT2D eigenvalue weighted by Crippen LogP contribution is -2.18. The maximum Gasteiger partial charge on any atom is 0.420 e. The van der Waals surface area contributed by atoms with E-state index in [0.29, 0.717) is 10.8 Å². The molecule has 0 radical (unpaired) electrons. The monoisotopic (exact) mass is 355 g/mol. The smallest absolute Gasteiger partial charge is 0.389 e. The normalized spacial score (nSPS) is 10.4. The first-order valence-electron chi connectivity index (χ1n) is 7.57. The second kappa shape index (κ2) is 7.27. The Bertz CT molecular complexity index is 910. The van der Waals surface area contributed by atoms with Crippen LogP contribution in [0.15, 0.2) is 36.0 Å². The van der Waals surface area contributed by atoms with Crippen LogP contribution in [0.5, 0.6) is 5.88 Å². The maximum atomic E-state index is 12.1. The first-order valence-corrected chi connectivity index (χ1v) is 8.45. The number of nitrogens with zero attached hydrogens (tertiary/aromatic N) is 3. The summed E-state index contributed by atoms with van der Waals surface area (Å²) in [6.45, 7) is 5.63. The van der Waals surface area contributed by atoms with E-state index in [1.54, 1.807) is 18.5 Å². The molecule has 8 heteroatoms. The highest BCUT2D eigenvalue weighted by molar-refractivity contribution is 7.13. The van der Waals surface area contributed by atoms with Crippen molar-refractivity contribution in [1.29, 1.82) is 0 Å². The quantitative estimate of drug-likeness (QED) is 0.728. The predicted octanol–water partition coefficient (Wildman–Crippen LogP) is 4.21. The molecule has 0 aliphatic heterocycles. The van der Waals surface area contributed by atoms with Crippen molar-refractivity contribution < 1.29 is 9.53 Å². The fourth-order valence-electron chi connectivity index (χ4n) is 2.10. The number of amides is 1. The van der Waals surface area contributed by atoms with Gasteiger partial charge in [-0.2, -0.15) is 0 Å². The predicted molar refractivity (Wildman–Crippen MR) is 97.7 cm³/mol. The van der Waals surface area contributed by atoms with E-state index in [1.165, 1.54) is 11.3 Å². The van der Waals surface area contributed by atoms with Crippen LogP contribution in [0.3, 0.4) is 0 Å². The number of hydrogen-bond donors (Lipinski definition) is 2. The van der Waals surface area contributed by atoms with Gasteiger partial charge in [0.15, 0.2) is 5.13 Å². The van der Waals surface area contributed by atoms with Crippen LogP contribution in [0, 0.1) is 20.8 Å². The molecule has 2 N–H and O–H groups in total. The minimum absolute atomic E-state index is 0.187. The summed E-state index contributed by atoms with van der Waals surface area (Å²) in [4.78, 5) is 24.7. The van der Waals surface area contributed by atoms with Gasteiger partial charge in [-0.25, -0.2) is 14.8 Å². The molecule has 3 rings (SSSR count). The zero-order valence-electron chi connectivity index (χ0n) is 14.0. The van der Waals surface area contributed by atoms with Gasteiger partial charge in [-0.15, -0.1) is 11.3 Å². The van der Waals surface area contributed by atoms with E-state index in [0.717, 1.165) is 22.6 Å². The minimum Gasteiger partial charge on any atom is -0.389 e. The molecule has 3 aromatic heterocycles. The molecule has 3 aromatic rings. The van der Waals surface area contributed by atoms with Crippen molar-refractivity contribution in [2.45, 2.75) is 20.8 Å². The lowest BCUT2D eigenvalue weighted by atomic mass is 10.3. The van der Waals surface area contributed by atoms with Crippen molar-refractivity contribution in [3.8, 4) is 5.88 Å². The van der Waals surface area contributed by atoms with E-state index in [4.69, 9.17) is 4.74 Å². The largest absolute Gasteiger partial charge is 0.420 e. The highest BCUT2D eigenvalue weighted by Gasteiger charge is 2.13. The topological polar surface area (TPSA) is 89.0 Å². The van der Waals surface area contributed by atoms with Crippen molar-refractivity contribution in [1.82, 2.24) is 15.0 Å². The summed E-state index contributed by atoms with van der Waals surface area (Å²) in [6.07, 6.45) is 2.81. The van der Waals surface area contributed by atoms with Gasteiger partial charge in [0.05, 0.1) is 17.6 Å². The van der Waals surface area contributed by atoms with Gasteiger partial charge < -0.3 is 10.1 Å². The number of carbonyl (C=O) groups excluding carboxylic acids is 1. The Morgan fingerprint density at radius 3 is 2.68 bits per heavy atom. The molecule has 0 fully saturated rings. The van der Waals surface area contributed by atoms with Crippen LogP contribution in [-0.2, 0) is 0 Å². The van der Waals surface area contributed by atoms with Crippen LogP contribution < -0.4 is 15.4 Å². The number of hydrogen-bond acceptors (Lipinski definition) is 7. The number of thiazole rings is 1. The SMILES string of the molecule is Cc1cncc(Nc2ccc(C)nc2OC(=O)Nc2nc(C)cs2)c1. The summed E-state index contributed by atoms with van der Waals surface area (Å²) in [5.41, 5.74) is 3.95. The Morgan fingerprint density at radius 2 is 1.96 bits per heavy atom. The molecular weight excluding hydrogens is 338 g/mol. The molecule has 0 bridgehead atoms. The number of rotatable bonds is 4. The fraction of sp³-hybridized carbons (Fsp3) is 0.176. The van der Waals surface area contributed by atoms with Crippen molar-refractivity contribution in [2.75, 3.05) is 10.6 Å². The lowest BCUT2D eigenvalue weighted by Gasteiger charge is -2.12. The highest BCUT2D eigenvalue weighted by atomic mass is 32.1. The first kappa shape index (κ1) is 16.8. The van der Waals surface area contributed by atoms with Crippen molar-refractivity contribution in [3.05, 3.63) is 52.9 Å². The van der Waals surface area contributed by atoms with Gasteiger partial charge in [-0.05, 0) is 44.5 Å². The maximum absolute atomic E-state index is 12.1. The van der Waals surface area contributed by atoms with Gasteiger partial charge in [0, 0.05) is 17.3 Å². The van der Waals surface area contributed by atoms with Crippen LogP contribution in [0.1, 0.15) is 17.0 Å². The van der Waals surface area contributed by atoms with Crippen molar-refractivity contribution in [2.24, 2.45) is 0 Å². The number of anilines is 3. The molecule has 0 aliphatic rings. The van der Waals surface area contributed by atoms with Gasteiger partial charge in [0.25, 0.3) is 0 Å². The molecule has 0 spiro atoms. The van der Waals surface area contributed by atoms with E-state index in [-0.39, 0.29) is 5.88 Å². The molecule has 7 nitrogen and oxygen atoms in total. The molecule has 128 valence electrons. The standard InChI is InChI=1S/C17H17N5O2S/c1-10-6-13(8-18-7-10)21-14-5-4-11(2)19-15(14)24-17(23)22-16-20-12(3)9-25-16/h4-9,21H,1-3H3,(H,20,22,23). The third-order valence-electron chi connectivity index (χ3n) is 3.17. The fourth-order valence-corrected chi connectivity index (χ4v) is 2.77. The lowest BCUT2D eigenvalue weighted by molar-refractivity contribution is 0.213. The van der Waals surface area contributed by atoms with Crippen molar-refractivity contribution in [3.63, 3.8) is 0 Å². The molecule has 0 saturated heterocycles. The number of pyridine rings is 2. The Hall–Kier alpha value is -3.00. The summed E-state index contributed by atoms with van der Waals surface area (Å²) in [5, 5.41) is 8.09. The summed E-state index contributed by atoms with van der Waals surface area (Å²) >= 11 is 1.33. The van der Waals surface area contributed by atoms with Gasteiger partial charge in [0.2, 0.25) is 5.88 Å². The zero-order chi connectivity index (χ0) is 17.8. The van der Waals surface area contributed by atoms with Crippen LogP contribution in [0.2, 0.25) is 0 Å². The molecule has 3 heterocycles. The zero-order valence-corrected chi connectivity index (χ0v) is 14.8. The van der Waals surface area contributed by atoms with Crippen LogP contribution in [0.4, 0.5) is 21.3 Å². The van der Waals surface area contributed by atoms with E-state index < -0.39 is 6.09 Å². The molecule has 25 heavy (non-hydrogen) atoms. The molecular formula is C17H17N5O2S. The van der Waals surface area contributed by atoms with Crippen LogP contribution in [-0.4, -0.2) is 21.0 Å². The van der Waals surface area contributed by atoms with Gasteiger partial charge >= 0.3 is 6.09 Å². The summed E-state index contributed by atoms with van der Waals surface area (Å²) in [6, 6.07) is 5.58. The molecule has 0 atom stereocenters. The average Bonchev–Trinajstić information content (AvgIpc) is 2.95. The van der Waals surface area contributed by atoms with E-state index in [9.17, 15) is 4.79 Å². The summed E-state index contributed by atoms with van der Waals surface area (Å²) in [7, 11) is 0. The first-order chi connectivity index (χ1) is 12.0. The number of ether oxygens (including phenoxy) is 1. The Balaban J connectivity index is 1.77. The number of carbonyl (C=O) groups is 1. The second-order valence-electron chi connectivity index (χ2n) is 5.49. The van der Waals surface area contributed by atoms with Gasteiger partial charge in [-0.1, -0.05) is 0 Å². The van der Waals surface area contributed by atoms with E-state index in [2.05, 4.69) is 25.6 Å². The summed E-state index contributed by atoms with van der Waals surface area (Å²) in [5.74, 6) is 0.187. The summed E-state index contributed by atoms with van der Waals surface area (Å²) < 4.78 is 5.36. The number of aryl methyl sites for hydroxylation is 3. The van der Waals surface area contributed by atoms with E-state index >= 15 is 0 Å². The average molecular weight is 355 g/mol. The number of nitrogens with one attached hydrogen (secondary N) is 2. The molecule has 0 unspecified atom stereocenters. The molecule has 0 aromatic carbocycles. The number of aromatic nitrogens is 3. The van der Waals surface area contributed by atoms with Gasteiger partial charge in [-0.3, -0.25) is 10.3 Å². The van der Waals surface area contributed by atoms with E-state index in [1.807, 2.05) is 38.3 Å². The Labute approximate surface area is 149 Å². The highest BCUT2D eigenvalue weighted by Crippen LogP contribution is 2.26. The third-order valence-corrected chi connectivity index (χ3v) is 4.05. The third kappa shape index (κ3) is 4.51. The second-order valence-corrected chi connectivity index (χ2v) is 6.35. The molecule has 0 saturated carbocycles. The van der Waals surface area contributed by atoms with Crippen molar-refractivity contribution >= 4 is 33.9 Å². The van der Waals surface area contributed by atoms with Crippen LogP contribution >= 0.6 is 11.3 Å². The van der Waals surface area contributed by atoms with Gasteiger partial charge in [0.1, 0.15) is 5.69 Å².